The van der Waals surface area contributed by atoms with Crippen LogP contribution < -0.4 is 5.32 Å². The summed E-state index contributed by atoms with van der Waals surface area (Å²) in [4.78, 5) is 10.4. The number of hydrogen-bond acceptors (Lipinski definition) is 2. The van der Waals surface area contributed by atoms with Gasteiger partial charge in [0.1, 0.15) is 5.82 Å². The third kappa shape index (κ3) is 1.53. The fraction of sp³-hybridized carbons (Fsp3) is 0.125. The van der Waals surface area contributed by atoms with E-state index in [0.29, 0.717) is 0 Å². The maximum absolute atomic E-state index is 12.8. The molecule has 0 amide bonds. The van der Waals surface area contributed by atoms with Gasteiger partial charge in [-0.2, -0.15) is 0 Å². The van der Waals surface area contributed by atoms with Crippen LogP contribution in [0.5, 0.6) is 0 Å². The van der Waals surface area contributed by atoms with Crippen LogP contribution in [0.3, 0.4) is 0 Å². The first kappa shape index (κ1) is 8.52. The van der Waals surface area contributed by atoms with Gasteiger partial charge < -0.3 is 10.4 Å². The number of hydrogen-bond donors (Lipinski definition) is 2. The zero-order valence-electron chi connectivity index (χ0n) is 6.47. The van der Waals surface area contributed by atoms with Crippen molar-refractivity contribution in [3.8, 4) is 0 Å². The Morgan fingerprint density at radius 3 is 2.75 bits per heavy atom. The molecule has 64 valence electrons. The lowest BCUT2D eigenvalue weighted by molar-refractivity contribution is 0.0697. The van der Waals surface area contributed by atoms with Gasteiger partial charge in [0.2, 0.25) is 0 Å². The summed E-state index contributed by atoms with van der Waals surface area (Å²) < 4.78 is 12.8. The summed E-state index contributed by atoms with van der Waals surface area (Å²) in [5.41, 5.74) is 0.260. The molecule has 0 fully saturated rings. The van der Waals surface area contributed by atoms with Crippen molar-refractivity contribution < 1.29 is 14.3 Å². The number of carboxylic acids is 1. The molecule has 0 bridgehead atoms. The Balaban J connectivity index is 3.13. The predicted octanol–water partition coefficient (Wildman–Crippen LogP) is 1.57. The minimum absolute atomic E-state index is 0.0701. The minimum Gasteiger partial charge on any atom is -0.478 e. The van der Waals surface area contributed by atoms with E-state index in [1.165, 1.54) is 19.2 Å². The molecule has 0 spiro atoms. The molecule has 0 atom stereocenters. The Kier molecular flexibility index (Phi) is 2.28. The standard InChI is InChI=1S/C8H8FNO2/c1-10-7-4-5(8(11)12)2-3-6(7)9/h2-4,10H,1H3,(H,11,12). The lowest BCUT2D eigenvalue weighted by atomic mass is 10.2. The molecule has 0 aliphatic rings. The van der Waals surface area contributed by atoms with Gasteiger partial charge in [-0.05, 0) is 18.2 Å². The lowest BCUT2D eigenvalue weighted by Gasteiger charge is -2.02. The van der Waals surface area contributed by atoms with Gasteiger partial charge in [-0.1, -0.05) is 0 Å². The van der Waals surface area contributed by atoms with Gasteiger partial charge in [0, 0.05) is 7.05 Å². The molecule has 0 aliphatic carbocycles. The summed E-state index contributed by atoms with van der Waals surface area (Å²) in [6, 6.07) is 3.59. The lowest BCUT2D eigenvalue weighted by Crippen LogP contribution is -1.99. The van der Waals surface area contributed by atoms with E-state index in [0.717, 1.165) is 6.07 Å². The number of nitrogens with one attached hydrogen (secondary N) is 1. The Hall–Kier alpha value is -1.58. The third-order valence-corrected chi connectivity index (χ3v) is 1.48. The molecular weight excluding hydrogens is 161 g/mol. The van der Waals surface area contributed by atoms with Crippen LogP contribution in [0.25, 0.3) is 0 Å². The average molecular weight is 169 g/mol. The largest absolute Gasteiger partial charge is 0.478 e. The quantitative estimate of drug-likeness (QED) is 0.706. The zero-order chi connectivity index (χ0) is 9.14. The highest BCUT2D eigenvalue weighted by molar-refractivity contribution is 5.88. The van der Waals surface area contributed by atoms with Crippen molar-refractivity contribution in [2.24, 2.45) is 0 Å². The van der Waals surface area contributed by atoms with Gasteiger partial charge in [-0.3, -0.25) is 0 Å². The summed E-state index contributed by atoms with van der Waals surface area (Å²) >= 11 is 0. The normalized spacial score (nSPS) is 9.50. The Labute approximate surface area is 68.8 Å². The first-order valence-electron chi connectivity index (χ1n) is 3.35. The summed E-state index contributed by atoms with van der Waals surface area (Å²) in [5.74, 6) is -1.52. The van der Waals surface area contributed by atoms with Crippen LogP contribution in [0.4, 0.5) is 10.1 Å². The van der Waals surface area contributed by atoms with Crippen molar-refractivity contribution in [1.82, 2.24) is 0 Å². The van der Waals surface area contributed by atoms with Crippen LogP contribution >= 0.6 is 0 Å². The number of carbonyl (C=O) groups is 1. The van der Waals surface area contributed by atoms with Crippen LogP contribution in [0.15, 0.2) is 18.2 Å². The summed E-state index contributed by atoms with van der Waals surface area (Å²) in [5, 5.41) is 11.1. The van der Waals surface area contributed by atoms with Gasteiger partial charge in [-0.15, -0.1) is 0 Å². The average Bonchev–Trinajstić information content (AvgIpc) is 2.05. The molecule has 2 N–H and O–H groups in total. The van der Waals surface area contributed by atoms with Crippen molar-refractivity contribution in [3.05, 3.63) is 29.6 Å². The summed E-state index contributed by atoms with van der Waals surface area (Å²) in [7, 11) is 1.53. The van der Waals surface area contributed by atoms with Crippen LogP contribution in [0.1, 0.15) is 10.4 Å². The van der Waals surface area contributed by atoms with E-state index in [2.05, 4.69) is 5.32 Å². The van der Waals surface area contributed by atoms with E-state index >= 15 is 0 Å². The molecule has 1 aromatic rings. The SMILES string of the molecule is CNc1cc(C(=O)O)ccc1F. The Morgan fingerprint density at radius 1 is 1.58 bits per heavy atom. The monoisotopic (exact) mass is 169 g/mol. The first-order valence-corrected chi connectivity index (χ1v) is 3.35. The molecule has 0 heterocycles. The van der Waals surface area contributed by atoms with Crippen molar-refractivity contribution in [3.63, 3.8) is 0 Å². The number of aromatic carboxylic acids is 1. The number of halogens is 1. The fourth-order valence-electron chi connectivity index (χ4n) is 0.850. The first-order chi connectivity index (χ1) is 5.65. The van der Waals surface area contributed by atoms with Crippen molar-refractivity contribution in [2.75, 3.05) is 12.4 Å². The van der Waals surface area contributed by atoms with E-state index in [-0.39, 0.29) is 11.3 Å². The number of anilines is 1. The number of carboxylic acid groups (broad SMARTS) is 1. The summed E-state index contributed by atoms with van der Waals surface area (Å²) in [6.07, 6.45) is 0. The van der Waals surface area contributed by atoms with E-state index in [9.17, 15) is 9.18 Å². The van der Waals surface area contributed by atoms with Crippen LogP contribution in [0.2, 0.25) is 0 Å². The van der Waals surface area contributed by atoms with Crippen LogP contribution in [0, 0.1) is 5.82 Å². The number of benzene rings is 1. The maximum Gasteiger partial charge on any atom is 0.335 e. The second-order valence-corrected chi connectivity index (χ2v) is 2.25. The van der Waals surface area contributed by atoms with E-state index < -0.39 is 11.8 Å². The summed E-state index contributed by atoms with van der Waals surface area (Å²) in [6.45, 7) is 0. The molecule has 4 heteroatoms. The van der Waals surface area contributed by atoms with Crippen molar-refractivity contribution in [2.45, 2.75) is 0 Å². The van der Waals surface area contributed by atoms with Gasteiger partial charge in [0.05, 0.1) is 11.3 Å². The van der Waals surface area contributed by atoms with E-state index in [1.807, 2.05) is 0 Å². The molecule has 0 unspecified atom stereocenters. The molecular formula is C8H8FNO2. The van der Waals surface area contributed by atoms with Crippen LogP contribution in [-0.2, 0) is 0 Å². The molecule has 12 heavy (non-hydrogen) atoms. The van der Waals surface area contributed by atoms with Crippen LogP contribution in [-0.4, -0.2) is 18.1 Å². The zero-order valence-corrected chi connectivity index (χ0v) is 6.47. The van der Waals surface area contributed by atoms with E-state index in [4.69, 9.17) is 5.11 Å². The number of rotatable bonds is 2. The van der Waals surface area contributed by atoms with Gasteiger partial charge in [0.25, 0.3) is 0 Å². The fourth-order valence-corrected chi connectivity index (χ4v) is 0.850. The second-order valence-electron chi connectivity index (χ2n) is 2.25. The van der Waals surface area contributed by atoms with E-state index in [1.54, 1.807) is 0 Å². The highest BCUT2D eigenvalue weighted by Gasteiger charge is 2.06. The smallest absolute Gasteiger partial charge is 0.335 e. The molecule has 0 aliphatic heterocycles. The molecule has 0 saturated carbocycles. The highest BCUT2D eigenvalue weighted by atomic mass is 19.1. The molecule has 3 nitrogen and oxygen atoms in total. The third-order valence-electron chi connectivity index (χ3n) is 1.48. The Morgan fingerprint density at radius 2 is 2.25 bits per heavy atom. The van der Waals surface area contributed by atoms with Crippen molar-refractivity contribution in [1.29, 1.82) is 0 Å². The predicted molar refractivity (Wildman–Crippen MR) is 42.9 cm³/mol. The van der Waals surface area contributed by atoms with Crippen molar-refractivity contribution >= 4 is 11.7 Å². The molecule has 0 radical (unpaired) electrons. The molecule has 0 aromatic heterocycles. The van der Waals surface area contributed by atoms with Gasteiger partial charge in [-0.25, -0.2) is 9.18 Å². The van der Waals surface area contributed by atoms with Gasteiger partial charge >= 0.3 is 5.97 Å². The Bertz CT molecular complexity index is 312. The highest BCUT2D eigenvalue weighted by Crippen LogP contribution is 2.14. The van der Waals surface area contributed by atoms with Gasteiger partial charge in [0.15, 0.2) is 0 Å². The molecule has 1 aromatic carbocycles. The topological polar surface area (TPSA) is 49.3 Å². The maximum atomic E-state index is 12.8. The molecule has 0 saturated heterocycles. The molecule has 1 rings (SSSR count). The minimum atomic E-state index is -1.06. The second kappa shape index (κ2) is 3.21.